The number of nitrogens with one attached hydrogen (secondary N) is 1. The van der Waals surface area contributed by atoms with Gasteiger partial charge in [0.2, 0.25) is 0 Å². The minimum atomic E-state index is 0.0502. The fourth-order valence-corrected chi connectivity index (χ4v) is 9.00. The van der Waals surface area contributed by atoms with Gasteiger partial charge < -0.3 is 10.1 Å². The maximum atomic E-state index is 6.50. The molecular weight excluding hydrogens is 615 g/mol. The van der Waals surface area contributed by atoms with Gasteiger partial charge in [0.1, 0.15) is 11.5 Å². The van der Waals surface area contributed by atoms with Crippen molar-refractivity contribution in [2.24, 2.45) is 0 Å². The number of thiophene rings is 1. The van der Waals surface area contributed by atoms with E-state index in [0.29, 0.717) is 0 Å². The van der Waals surface area contributed by atoms with Crippen LogP contribution in [-0.2, 0) is 0 Å². The second kappa shape index (κ2) is 11.4. The Morgan fingerprint density at radius 2 is 1.16 bits per heavy atom. The second-order valence-corrected chi connectivity index (χ2v) is 13.9. The Labute approximate surface area is 289 Å². The van der Waals surface area contributed by atoms with Crippen molar-refractivity contribution in [3.8, 4) is 39.1 Å². The van der Waals surface area contributed by atoms with Crippen molar-refractivity contribution in [1.82, 2.24) is 0 Å². The van der Waals surface area contributed by atoms with Crippen molar-refractivity contribution in [1.29, 1.82) is 0 Å². The number of allylic oxidation sites excluding steroid dienone is 2. The van der Waals surface area contributed by atoms with Crippen molar-refractivity contribution in [2.75, 3.05) is 5.32 Å². The van der Waals surface area contributed by atoms with E-state index >= 15 is 0 Å². The molecule has 49 heavy (non-hydrogen) atoms. The lowest BCUT2D eigenvalue weighted by Crippen LogP contribution is -2.27. The zero-order valence-electron chi connectivity index (χ0n) is 26.6. The average Bonchev–Trinajstić information content (AvgIpc) is 3.74. The molecule has 0 radical (unpaired) electrons. The van der Waals surface area contributed by atoms with Gasteiger partial charge in [-0.25, -0.2) is 0 Å². The second-order valence-electron chi connectivity index (χ2n) is 12.9. The molecule has 2 aliphatic rings. The first-order valence-electron chi connectivity index (χ1n) is 16.8. The lowest BCUT2D eigenvalue weighted by Gasteiger charge is -2.26. The molecule has 1 N–H and O–H groups in total. The topological polar surface area (TPSA) is 21.3 Å². The third kappa shape index (κ3) is 4.69. The Morgan fingerprint density at radius 3 is 2.04 bits per heavy atom. The summed E-state index contributed by atoms with van der Waals surface area (Å²) < 4.78 is 9.16. The Bertz CT molecular complexity index is 2600. The third-order valence-electron chi connectivity index (χ3n) is 10.1. The molecule has 1 aromatic heterocycles. The number of ether oxygens (including phenoxy) is 1. The van der Waals surface area contributed by atoms with Gasteiger partial charge in [-0.1, -0.05) is 140 Å². The molecular formula is C46H31NOS. The van der Waals surface area contributed by atoms with E-state index < -0.39 is 0 Å². The highest BCUT2D eigenvalue weighted by atomic mass is 32.1. The molecule has 2 nitrogen and oxygen atoms in total. The molecule has 1 aliphatic heterocycles. The van der Waals surface area contributed by atoms with E-state index in [1.807, 2.05) is 11.3 Å². The van der Waals surface area contributed by atoms with Crippen LogP contribution in [0.2, 0.25) is 0 Å². The number of hydrogen-bond donors (Lipinski definition) is 1. The summed E-state index contributed by atoms with van der Waals surface area (Å²) in [4.78, 5) is 0. The average molecular weight is 646 g/mol. The molecule has 10 rings (SSSR count). The predicted molar refractivity (Wildman–Crippen MR) is 208 cm³/mol. The minimum Gasteiger partial charge on any atom is -0.461 e. The molecule has 0 amide bonds. The molecule has 0 spiro atoms. The quantitative estimate of drug-likeness (QED) is 0.201. The molecule has 2 atom stereocenters. The summed E-state index contributed by atoms with van der Waals surface area (Å²) in [5.41, 5.74) is 9.72. The van der Waals surface area contributed by atoms with Crippen molar-refractivity contribution >= 4 is 48.0 Å². The van der Waals surface area contributed by atoms with Crippen LogP contribution < -0.4 is 10.1 Å². The van der Waals surface area contributed by atoms with E-state index in [0.717, 1.165) is 17.2 Å². The van der Waals surface area contributed by atoms with E-state index in [-0.39, 0.29) is 12.0 Å². The fourth-order valence-electron chi connectivity index (χ4n) is 7.76. The minimum absolute atomic E-state index is 0.0502. The fraction of sp³-hybridized carbons (Fsp3) is 0.0435. The first kappa shape index (κ1) is 28.1. The summed E-state index contributed by atoms with van der Waals surface area (Å²) >= 11 is 1.87. The van der Waals surface area contributed by atoms with Crippen molar-refractivity contribution in [3.05, 3.63) is 181 Å². The van der Waals surface area contributed by atoms with Crippen molar-refractivity contribution in [3.63, 3.8) is 0 Å². The number of benzene rings is 7. The van der Waals surface area contributed by atoms with Crippen LogP contribution in [0, 0.1) is 0 Å². The molecule has 232 valence electrons. The van der Waals surface area contributed by atoms with E-state index in [1.54, 1.807) is 0 Å². The Hall–Kier alpha value is -5.90. The molecule has 1 aliphatic carbocycles. The van der Waals surface area contributed by atoms with Crippen LogP contribution in [0.25, 0.3) is 64.3 Å². The molecule has 0 saturated carbocycles. The zero-order valence-corrected chi connectivity index (χ0v) is 27.5. The maximum Gasteiger partial charge on any atom is 0.131 e. The van der Waals surface area contributed by atoms with E-state index in [9.17, 15) is 0 Å². The van der Waals surface area contributed by atoms with Gasteiger partial charge in [-0.2, -0.15) is 0 Å². The summed E-state index contributed by atoms with van der Waals surface area (Å²) in [6.07, 6.45) is 6.49. The molecule has 7 aromatic carbocycles. The van der Waals surface area contributed by atoms with Gasteiger partial charge in [-0.3, -0.25) is 0 Å². The van der Waals surface area contributed by atoms with Crippen LogP contribution in [-0.4, -0.2) is 6.04 Å². The summed E-state index contributed by atoms with van der Waals surface area (Å²) in [7, 11) is 0. The Kier molecular flexibility index (Phi) is 6.53. The molecule has 2 heterocycles. The zero-order chi connectivity index (χ0) is 32.3. The molecule has 0 bridgehead atoms. The largest absolute Gasteiger partial charge is 0.461 e. The molecule has 8 aromatic rings. The van der Waals surface area contributed by atoms with Crippen LogP contribution in [0.3, 0.4) is 0 Å². The van der Waals surface area contributed by atoms with Crippen LogP contribution in [0.1, 0.15) is 11.5 Å². The van der Waals surface area contributed by atoms with Crippen LogP contribution in [0.5, 0.6) is 5.75 Å². The molecule has 0 fully saturated rings. The van der Waals surface area contributed by atoms with Crippen LogP contribution in [0.4, 0.5) is 5.69 Å². The van der Waals surface area contributed by atoms with Gasteiger partial charge in [0.25, 0.3) is 0 Å². The van der Waals surface area contributed by atoms with E-state index in [2.05, 4.69) is 175 Å². The van der Waals surface area contributed by atoms with E-state index in [4.69, 9.17) is 4.74 Å². The number of hydrogen-bond acceptors (Lipinski definition) is 3. The standard InChI is InChI=1S/C46H31NOS/c1-2-11-34-29(9-1)10-5-13-35(34)30-21-23-31(24-22-30)36-14-7-18-41-44(36)45-40(17-8-19-42(45)48-41)47-33-27-25-32(26-28-33)37-15-6-16-39-38-12-3-4-20-43(38)49-46(37)39/h1-28,40,45,47H. The van der Waals surface area contributed by atoms with Crippen molar-refractivity contribution < 1.29 is 4.74 Å². The lowest BCUT2D eigenvalue weighted by molar-refractivity contribution is 0.420. The molecule has 3 heteroatoms. The first-order valence-corrected chi connectivity index (χ1v) is 17.7. The van der Waals surface area contributed by atoms with Gasteiger partial charge in [0, 0.05) is 31.4 Å². The Morgan fingerprint density at radius 1 is 0.531 bits per heavy atom. The van der Waals surface area contributed by atoms with Gasteiger partial charge in [0.15, 0.2) is 0 Å². The first-order chi connectivity index (χ1) is 24.3. The van der Waals surface area contributed by atoms with Gasteiger partial charge >= 0.3 is 0 Å². The predicted octanol–water partition coefficient (Wildman–Crippen LogP) is 12.6. The molecule has 2 unspecified atom stereocenters. The Balaban J connectivity index is 0.958. The normalized spacial score (nSPS) is 16.4. The number of fused-ring (bicyclic) bond motifs is 7. The van der Waals surface area contributed by atoms with Gasteiger partial charge in [-0.15, -0.1) is 11.3 Å². The number of rotatable bonds is 5. The summed E-state index contributed by atoms with van der Waals surface area (Å²) in [5.74, 6) is 2.00. The van der Waals surface area contributed by atoms with Gasteiger partial charge in [0.05, 0.1) is 12.0 Å². The van der Waals surface area contributed by atoms with Crippen LogP contribution >= 0.6 is 11.3 Å². The summed E-state index contributed by atoms with van der Waals surface area (Å²) in [6.45, 7) is 0. The number of anilines is 1. The lowest BCUT2D eigenvalue weighted by atomic mass is 9.83. The highest BCUT2D eigenvalue weighted by molar-refractivity contribution is 7.26. The smallest absolute Gasteiger partial charge is 0.131 e. The summed E-state index contributed by atoms with van der Waals surface area (Å²) in [5, 5.41) is 9.04. The third-order valence-corrected chi connectivity index (χ3v) is 11.3. The van der Waals surface area contributed by atoms with Gasteiger partial charge in [-0.05, 0) is 74.5 Å². The highest BCUT2D eigenvalue weighted by Gasteiger charge is 2.38. The highest BCUT2D eigenvalue weighted by Crippen LogP contribution is 2.50. The SMILES string of the molecule is C1=CC(Nc2ccc(-c3cccc4c3sc3ccccc34)cc2)C2C(=C1)Oc1cccc(-c3ccc(-c4cccc5ccccc45)cc3)c12. The monoisotopic (exact) mass is 645 g/mol. The van der Waals surface area contributed by atoms with Crippen molar-refractivity contribution in [2.45, 2.75) is 12.0 Å². The van der Waals surface area contributed by atoms with E-state index in [1.165, 1.54) is 69.9 Å². The molecule has 0 saturated heterocycles. The van der Waals surface area contributed by atoms with Crippen LogP contribution in [0.15, 0.2) is 176 Å². The maximum absolute atomic E-state index is 6.50. The summed E-state index contributed by atoms with van der Waals surface area (Å²) in [6, 6.07) is 54.9.